The van der Waals surface area contributed by atoms with E-state index in [4.69, 9.17) is 0 Å². The third-order valence-electron chi connectivity index (χ3n) is 5.20. The molecular formula is C21H25NO. The van der Waals surface area contributed by atoms with E-state index in [1.165, 1.54) is 22.3 Å². The Morgan fingerprint density at radius 1 is 1.04 bits per heavy atom. The average Bonchev–Trinajstić information content (AvgIpc) is 2.92. The number of nitrogens with zero attached hydrogens (tertiary/aromatic N) is 1. The van der Waals surface area contributed by atoms with Crippen molar-refractivity contribution in [3.05, 3.63) is 70.8 Å². The van der Waals surface area contributed by atoms with Crippen LogP contribution < -0.4 is 0 Å². The molecule has 0 aromatic heterocycles. The molecule has 0 bridgehead atoms. The van der Waals surface area contributed by atoms with Crippen LogP contribution in [-0.4, -0.2) is 17.4 Å². The number of hydrogen-bond donors (Lipinski definition) is 0. The van der Waals surface area contributed by atoms with Gasteiger partial charge in [-0.25, -0.2) is 0 Å². The maximum absolute atomic E-state index is 12.9. The molecule has 1 aliphatic rings. The summed E-state index contributed by atoms with van der Waals surface area (Å²) in [5.74, 6) is 0.435. The average molecular weight is 307 g/mol. The second-order valence-corrected chi connectivity index (χ2v) is 6.68. The summed E-state index contributed by atoms with van der Waals surface area (Å²) in [5, 5.41) is 0. The zero-order valence-electron chi connectivity index (χ0n) is 14.3. The summed E-state index contributed by atoms with van der Waals surface area (Å²) in [5.41, 5.74) is 5.16. The first-order valence-electron chi connectivity index (χ1n) is 8.48. The van der Waals surface area contributed by atoms with Crippen molar-refractivity contribution in [3.63, 3.8) is 0 Å². The van der Waals surface area contributed by atoms with Crippen LogP contribution in [0.3, 0.4) is 0 Å². The van der Waals surface area contributed by atoms with Crippen LogP contribution in [0.5, 0.6) is 0 Å². The first-order chi connectivity index (χ1) is 11.1. The van der Waals surface area contributed by atoms with Crippen molar-refractivity contribution in [2.24, 2.45) is 5.92 Å². The number of hydrogen-bond acceptors (Lipinski definition) is 1. The molecule has 3 rings (SSSR count). The number of benzene rings is 2. The Hall–Kier alpha value is -2.09. The molecule has 0 spiro atoms. The van der Waals surface area contributed by atoms with Crippen molar-refractivity contribution in [1.82, 2.24) is 4.90 Å². The van der Waals surface area contributed by atoms with E-state index in [-0.39, 0.29) is 12.0 Å². The lowest BCUT2D eigenvalue weighted by atomic mass is 9.92. The lowest BCUT2D eigenvalue weighted by Crippen LogP contribution is -2.30. The van der Waals surface area contributed by atoms with Crippen LogP contribution in [0, 0.1) is 19.8 Å². The number of amides is 1. The summed E-state index contributed by atoms with van der Waals surface area (Å²) in [6.45, 7) is 7.29. The fourth-order valence-electron chi connectivity index (χ4n) is 3.67. The van der Waals surface area contributed by atoms with E-state index in [2.05, 4.69) is 51.1 Å². The molecule has 2 unspecified atom stereocenters. The second kappa shape index (κ2) is 6.57. The third-order valence-corrected chi connectivity index (χ3v) is 5.20. The second-order valence-electron chi connectivity index (χ2n) is 6.68. The van der Waals surface area contributed by atoms with E-state index >= 15 is 0 Å². The smallest absolute Gasteiger partial charge is 0.226 e. The summed E-state index contributed by atoms with van der Waals surface area (Å²) < 4.78 is 0. The van der Waals surface area contributed by atoms with Crippen LogP contribution >= 0.6 is 0 Å². The molecule has 1 aliphatic heterocycles. The van der Waals surface area contributed by atoms with Gasteiger partial charge in [0.05, 0.1) is 6.04 Å². The van der Waals surface area contributed by atoms with Gasteiger partial charge < -0.3 is 4.90 Å². The third kappa shape index (κ3) is 3.17. The van der Waals surface area contributed by atoms with Gasteiger partial charge in [-0.1, -0.05) is 48.5 Å². The standard InChI is InChI=1S/C21H25NO/c1-15-8-7-9-16(2)20(15)14-19-12-13-22(21(19)23)17(3)18-10-5-4-6-11-18/h4-11,17,19H,12-14H2,1-3H3. The van der Waals surface area contributed by atoms with E-state index in [0.717, 1.165) is 19.4 Å². The molecule has 0 N–H and O–H groups in total. The Morgan fingerprint density at radius 2 is 1.70 bits per heavy atom. The van der Waals surface area contributed by atoms with Crippen LogP contribution in [-0.2, 0) is 11.2 Å². The van der Waals surface area contributed by atoms with Gasteiger partial charge in [0, 0.05) is 12.5 Å². The molecule has 0 radical (unpaired) electrons. The summed E-state index contributed by atoms with van der Waals surface area (Å²) in [6.07, 6.45) is 1.83. The minimum absolute atomic E-state index is 0.126. The zero-order valence-corrected chi connectivity index (χ0v) is 14.3. The molecule has 0 aliphatic carbocycles. The highest BCUT2D eigenvalue weighted by atomic mass is 16.2. The molecule has 2 heteroatoms. The predicted octanol–water partition coefficient (Wildman–Crippen LogP) is 4.46. The monoisotopic (exact) mass is 307 g/mol. The van der Waals surface area contributed by atoms with E-state index < -0.39 is 0 Å². The highest BCUT2D eigenvalue weighted by molar-refractivity contribution is 5.81. The van der Waals surface area contributed by atoms with E-state index in [9.17, 15) is 4.79 Å². The fraction of sp³-hybridized carbons (Fsp3) is 0.381. The normalized spacial score (nSPS) is 19.2. The van der Waals surface area contributed by atoms with Crippen molar-refractivity contribution in [2.45, 2.75) is 39.7 Å². The first kappa shape index (κ1) is 15.8. The first-order valence-corrected chi connectivity index (χ1v) is 8.48. The van der Waals surface area contributed by atoms with Gasteiger partial charge >= 0.3 is 0 Å². The number of likely N-dealkylation sites (tertiary alicyclic amines) is 1. The molecule has 1 fully saturated rings. The summed E-state index contributed by atoms with van der Waals surface area (Å²) in [7, 11) is 0. The topological polar surface area (TPSA) is 20.3 Å². The molecular weight excluding hydrogens is 282 g/mol. The molecule has 2 atom stereocenters. The number of carbonyl (C=O) groups is 1. The minimum atomic E-state index is 0.126. The minimum Gasteiger partial charge on any atom is -0.336 e. The van der Waals surface area contributed by atoms with Crippen molar-refractivity contribution >= 4 is 5.91 Å². The van der Waals surface area contributed by atoms with Crippen LogP contribution in [0.15, 0.2) is 48.5 Å². The lowest BCUT2D eigenvalue weighted by Gasteiger charge is -2.25. The Labute approximate surface area is 139 Å². The highest BCUT2D eigenvalue weighted by Crippen LogP contribution is 2.31. The van der Waals surface area contributed by atoms with Crippen LogP contribution in [0.1, 0.15) is 41.6 Å². The molecule has 1 heterocycles. The van der Waals surface area contributed by atoms with Gasteiger partial charge in [0.1, 0.15) is 0 Å². The van der Waals surface area contributed by atoms with Crippen molar-refractivity contribution in [2.75, 3.05) is 6.54 Å². The van der Waals surface area contributed by atoms with Gasteiger partial charge in [0.15, 0.2) is 0 Å². The summed E-state index contributed by atoms with van der Waals surface area (Å²) in [6, 6.07) is 16.9. The van der Waals surface area contributed by atoms with Crippen molar-refractivity contribution in [3.8, 4) is 0 Å². The Morgan fingerprint density at radius 3 is 2.35 bits per heavy atom. The fourth-order valence-corrected chi connectivity index (χ4v) is 3.67. The summed E-state index contributed by atoms with van der Waals surface area (Å²) in [4.78, 5) is 14.9. The van der Waals surface area contributed by atoms with Crippen LogP contribution in [0.2, 0.25) is 0 Å². The van der Waals surface area contributed by atoms with Gasteiger partial charge in [-0.3, -0.25) is 4.79 Å². The maximum Gasteiger partial charge on any atom is 0.226 e. The Bertz CT molecular complexity index is 672. The molecule has 2 aromatic rings. The molecule has 1 amide bonds. The van der Waals surface area contributed by atoms with Gasteiger partial charge in [-0.2, -0.15) is 0 Å². The molecule has 0 saturated carbocycles. The lowest BCUT2D eigenvalue weighted by molar-refractivity contribution is -0.132. The van der Waals surface area contributed by atoms with E-state index in [1.807, 2.05) is 23.1 Å². The Kier molecular flexibility index (Phi) is 4.51. The van der Waals surface area contributed by atoms with Gasteiger partial charge in [-0.15, -0.1) is 0 Å². The highest BCUT2D eigenvalue weighted by Gasteiger charge is 2.35. The number of rotatable bonds is 4. The van der Waals surface area contributed by atoms with E-state index in [1.54, 1.807) is 0 Å². The largest absolute Gasteiger partial charge is 0.336 e. The zero-order chi connectivity index (χ0) is 16.4. The number of aryl methyl sites for hydroxylation is 2. The maximum atomic E-state index is 12.9. The van der Waals surface area contributed by atoms with Crippen LogP contribution in [0.4, 0.5) is 0 Å². The quantitative estimate of drug-likeness (QED) is 0.817. The Balaban J connectivity index is 1.74. The molecule has 1 saturated heterocycles. The van der Waals surface area contributed by atoms with Crippen LogP contribution in [0.25, 0.3) is 0 Å². The summed E-state index contributed by atoms with van der Waals surface area (Å²) >= 11 is 0. The van der Waals surface area contributed by atoms with Crippen molar-refractivity contribution < 1.29 is 4.79 Å². The molecule has 2 nitrogen and oxygen atoms in total. The van der Waals surface area contributed by atoms with E-state index in [0.29, 0.717) is 5.91 Å². The van der Waals surface area contributed by atoms with Crippen molar-refractivity contribution in [1.29, 1.82) is 0 Å². The predicted molar refractivity (Wildman–Crippen MR) is 94.3 cm³/mol. The van der Waals surface area contributed by atoms with Gasteiger partial charge in [-0.05, 0) is 55.9 Å². The molecule has 120 valence electrons. The van der Waals surface area contributed by atoms with Gasteiger partial charge in [0.2, 0.25) is 5.91 Å². The SMILES string of the molecule is Cc1cccc(C)c1CC1CCN(C(C)c2ccccc2)C1=O. The van der Waals surface area contributed by atoms with Gasteiger partial charge in [0.25, 0.3) is 0 Å². The molecule has 23 heavy (non-hydrogen) atoms. The number of carbonyl (C=O) groups excluding carboxylic acids is 1. The molecule has 2 aromatic carbocycles.